The molecule has 0 bridgehead atoms. The van der Waals surface area contributed by atoms with Crippen molar-refractivity contribution in [3.8, 4) is 0 Å². The first-order valence-corrected chi connectivity index (χ1v) is 9.15. The predicted molar refractivity (Wildman–Crippen MR) is 106 cm³/mol. The van der Waals surface area contributed by atoms with Gasteiger partial charge in [0, 0.05) is 37.5 Å². The van der Waals surface area contributed by atoms with E-state index in [1.54, 1.807) is 0 Å². The third-order valence-corrected chi connectivity index (χ3v) is 5.02. The van der Waals surface area contributed by atoms with Gasteiger partial charge in [-0.3, -0.25) is 4.99 Å². The van der Waals surface area contributed by atoms with Crippen molar-refractivity contribution in [2.45, 2.75) is 46.6 Å². The van der Waals surface area contributed by atoms with Crippen molar-refractivity contribution in [2.75, 3.05) is 0 Å². The largest absolute Gasteiger partial charge is 0.331 e. The summed E-state index contributed by atoms with van der Waals surface area (Å²) in [5.41, 5.74) is 6.43. The molecule has 2 aliphatic rings. The lowest BCUT2D eigenvalue weighted by Crippen LogP contribution is -2.11. The quantitative estimate of drug-likeness (QED) is 0.728. The summed E-state index contributed by atoms with van der Waals surface area (Å²) >= 11 is 0. The monoisotopic (exact) mass is 333 g/mol. The minimum atomic E-state index is 0.276. The smallest absolute Gasteiger partial charge is 0.108 e. The molecule has 1 aromatic heterocycles. The van der Waals surface area contributed by atoms with E-state index in [1.165, 1.54) is 28.0 Å². The molecule has 1 unspecified atom stereocenters. The number of imidazole rings is 1. The van der Waals surface area contributed by atoms with Crippen molar-refractivity contribution < 1.29 is 0 Å². The molecular weight excluding hydrogens is 306 g/mol. The van der Waals surface area contributed by atoms with E-state index < -0.39 is 0 Å². The summed E-state index contributed by atoms with van der Waals surface area (Å²) in [7, 11) is 0. The maximum absolute atomic E-state index is 4.80. The van der Waals surface area contributed by atoms with E-state index in [-0.39, 0.29) is 5.92 Å². The zero-order chi connectivity index (χ0) is 17.8. The molecule has 3 nitrogen and oxygen atoms in total. The van der Waals surface area contributed by atoms with Crippen LogP contribution >= 0.6 is 0 Å². The zero-order valence-electron chi connectivity index (χ0n) is 15.5. The normalized spacial score (nSPS) is 20.8. The van der Waals surface area contributed by atoms with Gasteiger partial charge in [-0.1, -0.05) is 38.7 Å². The SMILES string of the molecule is C=CC1=C(/C=C\C)C(C)C2=C(CCC=N2)C(Cn2ccnc2CC)=C1. The van der Waals surface area contributed by atoms with Gasteiger partial charge in [0.25, 0.3) is 0 Å². The highest BCUT2D eigenvalue weighted by Gasteiger charge is 2.25. The molecule has 1 atom stereocenters. The highest BCUT2D eigenvalue weighted by atomic mass is 15.1. The second kappa shape index (κ2) is 7.64. The Hall–Kier alpha value is -2.42. The van der Waals surface area contributed by atoms with Crippen LogP contribution in [0.25, 0.3) is 0 Å². The van der Waals surface area contributed by atoms with Crippen molar-refractivity contribution >= 4 is 6.21 Å². The molecule has 130 valence electrons. The molecule has 0 aromatic carbocycles. The van der Waals surface area contributed by atoms with Gasteiger partial charge < -0.3 is 4.57 Å². The van der Waals surface area contributed by atoms with Gasteiger partial charge in [0.15, 0.2) is 0 Å². The molecule has 0 fully saturated rings. The fourth-order valence-electron chi connectivity index (χ4n) is 3.75. The molecule has 3 heteroatoms. The van der Waals surface area contributed by atoms with E-state index >= 15 is 0 Å². The number of aromatic nitrogens is 2. The van der Waals surface area contributed by atoms with Crippen LogP contribution in [-0.2, 0) is 13.0 Å². The second-order valence-corrected chi connectivity index (χ2v) is 6.55. The Kier molecular flexibility index (Phi) is 5.32. The molecule has 0 amide bonds. The standard InChI is InChI=1S/C22H27N3/c1-5-9-19-16(4)22-20(10-8-11-24-22)18(14-17(19)6-2)15-25-13-12-23-21(25)7-3/h5-6,9,11-14,16H,2,7-8,10,15H2,1,3-4H3/b9-5-. The lowest BCUT2D eigenvalue weighted by atomic mass is 9.89. The van der Waals surface area contributed by atoms with Crippen LogP contribution in [0.15, 0.2) is 76.3 Å². The van der Waals surface area contributed by atoms with Gasteiger partial charge in [0.05, 0.1) is 5.70 Å². The highest BCUT2D eigenvalue weighted by molar-refractivity contribution is 5.66. The summed E-state index contributed by atoms with van der Waals surface area (Å²) in [4.78, 5) is 9.28. The second-order valence-electron chi connectivity index (χ2n) is 6.55. The minimum Gasteiger partial charge on any atom is -0.331 e. The maximum Gasteiger partial charge on any atom is 0.108 e. The molecule has 0 spiro atoms. The van der Waals surface area contributed by atoms with Crippen LogP contribution in [0.2, 0.25) is 0 Å². The summed E-state index contributed by atoms with van der Waals surface area (Å²) in [5.74, 6) is 1.40. The summed E-state index contributed by atoms with van der Waals surface area (Å²) in [6.45, 7) is 11.4. The number of hydrogen-bond acceptors (Lipinski definition) is 2. The van der Waals surface area contributed by atoms with Gasteiger partial charge in [0.2, 0.25) is 0 Å². The molecule has 0 N–H and O–H groups in total. The molecule has 25 heavy (non-hydrogen) atoms. The first kappa shape index (κ1) is 17.4. The van der Waals surface area contributed by atoms with E-state index in [0.717, 1.165) is 31.6 Å². The summed E-state index contributed by atoms with van der Waals surface area (Å²) < 4.78 is 2.25. The maximum atomic E-state index is 4.80. The van der Waals surface area contributed by atoms with Crippen LogP contribution in [0.1, 0.15) is 39.4 Å². The number of hydrogen-bond donors (Lipinski definition) is 0. The Morgan fingerprint density at radius 2 is 2.24 bits per heavy atom. The summed E-state index contributed by atoms with van der Waals surface area (Å²) in [6.07, 6.45) is 17.6. The van der Waals surface area contributed by atoms with Crippen molar-refractivity contribution in [2.24, 2.45) is 10.9 Å². The van der Waals surface area contributed by atoms with Gasteiger partial charge >= 0.3 is 0 Å². The highest BCUT2D eigenvalue weighted by Crippen LogP contribution is 2.38. The Labute approximate surface area is 150 Å². The molecule has 1 aliphatic heterocycles. The van der Waals surface area contributed by atoms with Crippen LogP contribution in [0.3, 0.4) is 0 Å². The van der Waals surface area contributed by atoms with Crippen molar-refractivity contribution in [1.29, 1.82) is 0 Å². The van der Waals surface area contributed by atoms with Gasteiger partial charge in [0.1, 0.15) is 5.82 Å². The summed E-state index contributed by atoms with van der Waals surface area (Å²) in [5, 5.41) is 0. The third kappa shape index (κ3) is 3.37. The average molecular weight is 333 g/mol. The zero-order valence-corrected chi connectivity index (χ0v) is 15.5. The van der Waals surface area contributed by atoms with Crippen molar-refractivity contribution in [1.82, 2.24) is 9.55 Å². The number of allylic oxidation sites excluding steroid dienone is 8. The van der Waals surface area contributed by atoms with E-state index in [0.29, 0.717) is 0 Å². The van der Waals surface area contributed by atoms with Crippen LogP contribution in [0, 0.1) is 5.92 Å². The molecular formula is C22H27N3. The number of rotatable bonds is 5. The molecule has 1 aliphatic carbocycles. The predicted octanol–water partition coefficient (Wildman–Crippen LogP) is 5.20. The van der Waals surface area contributed by atoms with E-state index in [9.17, 15) is 0 Å². The number of aliphatic imine (C=N–C) groups is 1. The Morgan fingerprint density at radius 3 is 2.96 bits per heavy atom. The molecule has 0 saturated heterocycles. The molecule has 0 saturated carbocycles. The van der Waals surface area contributed by atoms with Crippen molar-refractivity contribution in [3.05, 3.63) is 77.1 Å². The van der Waals surface area contributed by atoms with Crippen LogP contribution < -0.4 is 0 Å². The third-order valence-electron chi connectivity index (χ3n) is 5.02. The van der Waals surface area contributed by atoms with Gasteiger partial charge in [-0.05, 0) is 48.1 Å². The Balaban J connectivity index is 2.14. The fourth-order valence-corrected chi connectivity index (χ4v) is 3.75. The van der Waals surface area contributed by atoms with Gasteiger partial charge in [-0.25, -0.2) is 4.98 Å². The fraction of sp³-hybridized carbons (Fsp3) is 0.364. The van der Waals surface area contributed by atoms with Gasteiger partial charge in [-0.2, -0.15) is 0 Å². The van der Waals surface area contributed by atoms with Crippen LogP contribution in [0.5, 0.6) is 0 Å². The van der Waals surface area contributed by atoms with Crippen LogP contribution in [0.4, 0.5) is 0 Å². The van der Waals surface area contributed by atoms with E-state index in [2.05, 4.69) is 67.5 Å². The van der Waals surface area contributed by atoms with Gasteiger partial charge in [-0.15, -0.1) is 0 Å². The van der Waals surface area contributed by atoms with Crippen molar-refractivity contribution in [3.63, 3.8) is 0 Å². The Bertz CT molecular complexity index is 812. The first-order valence-electron chi connectivity index (χ1n) is 9.15. The minimum absolute atomic E-state index is 0.276. The summed E-state index contributed by atoms with van der Waals surface area (Å²) in [6, 6.07) is 0. The first-order chi connectivity index (χ1) is 12.2. The van der Waals surface area contributed by atoms with E-state index in [1.807, 2.05) is 12.3 Å². The lowest BCUT2D eigenvalue weighted by molar-refractivity contribution is 0.708. The molecule has 1 aromatic rings. The molecule has 0 radical (unpaired) electrons. The lowest BCUT2D eigenvalue weighted by Gasteiger charge is -2.22. The number of aryl methyl sites for hydroxylation is 1. The molecule has 3 rings (SSSR count). The topological polar surface area (TPSA) is 30.2 Å². The van der Waals surface area contributed by atoms with E-state index in [4.69, 9.17) is 4.99 Å². The Morgan fingerprint density at radius 1 is 1.40 bits per heavy atom. The van der Waals surface area contributed by atoms with Crippen LogP contribution in [-0.4, -0.2) is 15.8 Å². The average Bonchev–Trinajstić information content (AvgIpc) is 3.06. The number of nitrogens with zero attached hydrogens (tertiary/aromatic N) is 3. The molecule has 2 heterocycles.